The molecule has 0 unspecified atom stereocenters. The van der Waals surface area contributed by atoms with E-state index >= 15 is 0 Å². The normalized spacial score (nSPS) is 10.9. The molecular formula is C15H24O2. The maximum absolute atomic E-state index is 11.2. The lowest BCUT2D eigenvalue weighted by atomic mass is 10.1. The Hall–Kier alpha value is -1.31. The van der Waals surface area contributed by atoms with Crippen LogP contribution in [0.5, 0.6) is 0 Å². The molecule has 2 heteroatoms. The largest absolute Gasteiger partial charge is 0.461 e. The van der Waals surface area contributed by atoms with E-state index in [0.29, 0.717) is 19.4 Å². The minimum atomic E-state index is -0.154. The molecular weight excluding hydrogens is 212 g/mol. The van der Waals surface area contributed by atoms with E-state index in [2.05, 4.69) is 33.4 Å². The van der Waals surface area contributed by atoms with Crippen molar-refractivity contribution in [1.29, 1.82) is 0 Å². The molecule has 0 aliphatic rings. The van der Waals surface area contributed by atoms with Crippen LogP contribution in [0.2, 0.25) is 0 Å². The second-order valence-electron chi connectivity index (χ2n) is 4.38. The minimum Gasteiger partial charge on any atom is -0.461 e. The van der Waals surface area contributed by atoms with Gasteiger partial charge in [0.1, 0.15) is 6.61 Å². The molecule has 0 saturated heterocycles. The molecule has 0 radical (unpaired) electrons. The summed E-state index contributed by atoms with van der Waals surface area (Å²) >= 11 is 0. The summed E-state index contributed by atoms with van der Waals surface area (Å²) in [6.45, 7) is 10.2. The van der Waals surface area contributed by atoms with Gasteiger partial charge >= 0.3 is 5.97 Å². The third kappa shape index (κ3) is 11.0. The van der Waals surface area contributed by atoms with Gasteiger partial charge in [0.15, 0.2) is 0 Å². The second kappa shape index (κ2) is 9.88. The Kier molecular flexibility index (Phi) is 9.12. The van der Waals surface area contributed by atoms with Crippen LogP contribution >= 0.6 is 0 Å². The van der Waals surface area contributed by atoms with Gasteiger partial charge in [-0.25, -0.2) is 0 Å². The summed E-state index contributed by atoms with van der Waals surface area (Å²) in [7, 11) is 0. The molecule has 0 heterocycles. The van der Waals surface area contributed by atoms with Gasteiger partial charge in [-0.2, -0.15) is 0 Å². The number of allylic oxidation sites excluding steroid dienone is 4. The van der Waals surface area contributed by atoms with Gasteiger partial charge in [-0.15, -0.1) is 6.58 Å². The molecule has 0 aliphatic heterocycles. The molecule has 0 rings (SSSR count). The van der Waals surface area contributed by atoms with Crippen LogP contribution in [0.15, 0.2) is 36.0 Å². The SMILES string of the molecule is C=CCCC(=O)OCC=C(C)CCC=C(C)C. The maximum atomic E-state index is 11.2. The molecule has 96 valence electrons. The quantitative estimate of drug-likeness (QED) is 0.466. The molecule has 0 saturated carbocycles. The molecule has 0 spiro atoms. The Morgan fingerprint density at radius 3 is 2.41 bits per heavy atom. The zero-order valence-electron chi connectivity index (χ0n) is 11.3. The summed E-state index contributed by atoms with van der Waals surface area (Å²) in [4.78, 5) is 11.2. The third-order valence-corrected chi connectivity index (χ3v) is 2.32. The smallest absolute Gasteiger partial charge is 0.306 e. The van der Waals surface area contributed by atoms with Crippen LogP contribution < -0.4 is 0 Å². The van der Waals surface area contributed by atoms with E-state index in [-0.39, 0.29) is 5.97 Å². The van der Waals surface area contributed by atoms with Gasteiger partial charge in [0, 0.05) is 6.42 Å². The first-order chi connectivity index (χ1) is 8.06. The number of carbonyl (C=O) groups excluding carboxylic acids is 1. The van der Waals surface area contributed by atoms with Crippen molar-refractivity contribution in [1.82, 2.24) is 0 Å². The fraction of sp³-hybridized carbons (Fsp3) is 0.533. The number of hydrogen-bond acceptors (Lipinski definition) is 2. The van der Waals surface area contributed by atoms with Crippen molar-refractivity contribution in [2.45, 2.75) is 46.5 Å². The summed E-state index contributed by atoms with van der Waals surface area (Å²) < 4.78 is 5.06. The molecule has 0 bridgehead atoms. The number of esters is 1. The lowest BCUT2D eigenvalue weighted by molar-refractivity contribution is -0.142. The Morgan fingerprint density at radius 1 is 1.12 bits per heavy atom. The molecule has 2 nitrogen and oxygen atoms in total. The monoisotopic (exact) mass is 236 g/mol. The Balaban J connectivity index is 3.72. The average molecular weight is 236 g/mol. The van der Waals surface area contributed by atoms with Gasteiger partial charge in [0.05, 0.1) is 0 Å². The summed E-state index contributed by atoms with van der Waals surface area (Å²) in [5, 5.41) is 0. The first-order valence-electron chi connectivity index (χ1n) is 6.11. The fourth-order valence-corrected chi connectivity index (χ4v) is 1.26. The van der Waals surface area contributed by atoms with E-state index in [0.717, 1.165) is 12.8 Å². The molecule has 0 aliphatic carbocycles. The molecule has 0 amide bonds. The van der Waals surface area contributed by atoms with Gasteiger partial charge in [-0.1, -0.05) is 23.3 Å². The van der Waals surface area contributed by atoms with Crippen LogP contribution in [0.4, 0.5) is 0 Å². The van der Waals surface area contributed by atoms with Crippen molar-refractivity contribution in [3.05, 3.63) is 36.0 Å². The lowest BCUT2D eigenvalue weighted by Gasteiger charge is -2.02. The van der Waals surface area contributed by atoms with Crippen molar-refractivity contribution < 1.29 is 9.53 Å². The van der Waals surface area contributed by atoms with E-state index in [1.807, 2.05) is 6.08 Å². The van der Waals surface area contributed by atoms with Crippen molar-refractivity contribution in [3.63, 3.8) is 0 Å². The van der Waals surface area contributed by atoms with E-state index in [4.69, 9.17) is 4.74 Å². The van der Waals surface area contributed by atoms with Crippen molar-refractivity contribution in [2.24, 2.45) is 0 Å². The number of ether oxygens (including phenoxy) is 1. The van der Waals surface area contributed by atoms with Gasteiger partial charge in [0.2, 0.25) is 0 Å². The Bertz CT molecular complexity index is 294. The number of hydrogen-bond donors (Lipinski definition) is 0. The van der Waals surface area contributed by atoms with Crippen molar-refractivity contribution >= 4 is 5.97 Å². The van der Waals surface area contributed by atoms with Gasteiger partial charge in [0.25, 0.3) is 0 Å². The standard InChI is InChI=1S/C15H24O2/c1-5-6-10-15(16)17-12-11-14(4)9-7-8-13(2)3/h5,8,11H,1,6-7,9-10,12H2,2-4H3. The predicted octanol–water partition coefficient (Wildman–Crippen LogP) is 4.19. The molecule has 0 N–H and O–H groups in total. The highest BCUT2D eigenvalue weighted by Crippen LogP contribution is 2.06. The summed E-state index contributed by atoms with van der Waals surface area (Å²) in [5.74, 6) is -0.154. The van der Waals surface area contributed by atoms with Gasteiger partial charge < -0.3 is 4.74 Å². The maximum Gasteiger partial charge on any atom is 0.306 e. The zero-order chi connectivity index (χ0) is 13.1. The summed E-state index contributed by atoms with van der Waals surface area (Å²) in [5.41, 5.74) is 2.60. The number of carbonyl (C=O) groups is 1. The van der Waals surface area contributed by atoms with E-state index < -0.39 is 0 Å². The fourth-order valence-electron chi connectivity index (χ4n) is 1.26. The van der Waals surface area contributed by atoms with Crippen LogP contribution in [0.1, 0.15) is 46.5 Å². The van der Waals surface area contributed by atoms with Crippen LogP contribution in [-0.4, -0.2) is 12.6 Å². The average Bonchev–Trinajstić information content (AvgIpc) is 2.25. The zero-order valence-corrected chi connectivity index (χ0v) is 11.3. The van der Waals surface area contributed by atoms with Crippen LogP contribution in [0.3, 0.4) is 0 Å². The van der Waals surface area contributed by atoms with Crippen LogP contribution in [-0.2, 0) is 9.53 Å². The number of rotatable bonds is 8. The first kappa shape index (κ1) is 15.7. The summed E-state index contributed by atoms with van der Waals surface area (Å²) in [6.07, 6.45) is 9.10. The van der Waals surface area contributed by atoms with Crippen LogP contribution in [0, 0.1) is 0 Å². The molecule has 0 aromatic carbocycles. The summed E-state index contributed by atoms with van der Waals surface area (Å²) in [6, 6.07) is 0. The molecule has 0 aromatic rings. The third-order valence-electron chi connectivity index (χ3n) is 2.32. The molecule has 17 heavy (non-hydrogen) atoms. The highest BCUT2D eigenvalue weighted by Gasteiger charge is 1.98. The minimum absolute atomic E-state index is 0.154. The van der Waals surface area contributed by atoms with Crippen LogP contribution in [0.25, 0.3) is 0 Å². The predicted molar refractivity (Wildman–Crippen MR) is 72.8 cm³/mol. The highest BCUT2D eigenvalue weighted by atomic mass is 16.5. The Morgan fingerprint density at radius 2 is 1.82 bits per heavy atom. The first-order valence-corrected chi connectivity index (χ1v) is 6.11. The van der Waals surface area contributed by atoms with Crippen molar-refractivity contribution in [2.75, 3.05) is 6.61 Å². The van der Waals surface area contributed by atoms with Gasteiger partial charge in [-0.05, 0) is 46.1 Å². The van der Waals surface area contributed by atoms with E-state index in [9.17, 15) is 4.79 Å². The van der Waals surface area contributed by atoms with E-state index in [1.54, 1.807) is 6.08 Å². The highest BCUT2D eigenvalue weighted by molar-refractivity contribution is 5.69. The molecule has 0 atom stereocenters. The molecule has 0 fully saturated rings. The molecule has 0 aromatic heterocycles. The Labute approximate surface area is 105 Å². The van der Waals surface area contributed by atoms with Crippen molar-refractivity contribution in [3.8, 4) is 0 Å². The topological polar surface area (TPSA) is 26.3 Å². The van der Waals surface area contributed by atoms with Gasteiger partial charge in [-0.3, -0.25) is 4.79 Å². The van der Waals surface area contributed by atoms with E-state index in [1.165, 1.54) is 11.1 Å². The lowest BCUT2D eigenvalue weighted by Crippen LogP contribution is -2.03. The second-order valence-corrected chi connectivity index (χ2v) is 4.38.